The molecule has 0 saturated carbocycles. The molecule has 1 N–H and O–H groups in total. The molecule has 1 saturated heterocycles. The van der Waals surface area contributed by atoms with Crippen molar-refractivity contribution >= 4 is 11.9 Å². The maximum absolute atomic E-state index is 12.9. The largest absolute Gasteiger partial charge is 0.492 e. The van der Waals surface area contributed by atoms with Crippen LogP contribution in [-0.4, -0.2) is 59.6 Å². The molecule has 0 radical (unpaired) electrons. The fourth-order valence-corrected chi connectivity index (χ4v) is 4.33. The third-order valence-electron chi connectivity index (χ3n) is 5.93. The lowest BCUT2D eigenvalue weighted by molar-refractivity contribution is -0.136. The number of nitrogens with zero attached hydrogens (tertiary/aromatic N) is 2. The highest BCUT2D eigenvalue weighted by Crippen LogP contribution is 2.24. The lowest BCUT2D eigenvalue weighted by atomic mass is 9.97. The van der Waals surface area contributed by atoms with E-state index in [9.17, 15) is 9.59 Å². The molecule has 158 valence electrons. The van der Waals surface area contributed by atoms with Crippen LogP contribution in [0.3, 0.4) is 0 Å². The molecule has 1 atom stereocenters. The van der Waals surface area contributed by atoms with Gasteiger partial charge in [-0.1, -0.05) is 42.5 Å². The van der Waals surface area contributed by atoms with Gasteiger partial charge in [0.05, 0.1) is 13.0 Å². The Bertz CT molecular complexity index is 896. The van der Waals surface area contributed by atoms with Gasteiger partial charge in [0.25, 0.3) is 0 Å². The number of aliphatic carboxylic acids is 1. The van der Waals surface area contributed by atoms with Crippen molar-refractivity contribution in [3.63, 3.8) is 0 Å². The van der Waals surface area contributed by atoms with Crippen LogP contribution in [0.5, 0.6) is 5.75 Å². The highest BCUT2D eigenvalue weighted by molar-refractivity contribution is 5.78. The van der Waals surface area contributed by atoms with Crippen LogP contribution < -0.4 is 4.74 Å². The number of rotatable bonds is 6. The molecule has 1 fully saturated rings. The monoisotopic (exact) mass is 408 g/mol. The van der Waals surface area contributed by atoms with E-state index in [1.807, 2.05) is 47.4 Å². The van der Waals surface area contributed by atoms with Gasteiger partial charge in [0.1, 0.15) is 12.4 Å². The topological polar surface area (TPSA) is 70.1 Å². The number of hydrogen-bond acceptors (Lipinski definition) is 4. The molecular weight excluding hydrogens is 380 g/mol. The maximum atomic E-state index is 12.9. The minimum Gasteiger partial charge on any atom is -0.492 e. The molecule has 30 heavy (non-hydrogen) atoms. The van der Waals surface area contributed by atoms with Crippen molar-refractivity contribution in [1.29, 1.82) is 0 Å². The van der Waals surface area contributed by atoms with Crippen molar-refractivity contribution in [3.05, 3.63) is 65.2 Å². The van der Waals surface area contributed by atoms with Gasteiger partial charge in [-0.2, -0.15) is 0 Å². The van der Waals surface area contributed by atoms with Crippen molar-refractivity contribution in [2.24, 2.45) is 5.92 Å². The van der Waals surface area contributed by atoms with Gasteiger partial charge in [-0.15, -0.1) is 0 Å². The quantitative estimate of drug-likeness (QED) is 0.796. The summed E-state index contributed by atoms with van der Waals surface area (Å²) in [5.74, 6) is 0.747. The standard InChI is InChI=1S/C24H28N2O4/c27-23(17-25-11-12-30-22-4-2-1-3-21(22)16-25)26-10-9-20(15-26)13-18-5-7-19(8-6-18)14-24(28)29/h1-8,20H,9-17H2,(H,28,29). The zero-order valence-corrected chi connectivity index (χ0v) is 17.1. The number of hydrogen-bond donors (Lipinski definition) is 1. The van der Waals surface area contributed by atoms with E-state index in [4.69, 9.17) is 9.84 Å². The molecule has 1 amide bonds. The maximum Gasteiger partial charge on any atom is 0.307 e. The van der Waals surface area contributed by atoms with E-state index in [0.29, 0.717) is 19.1 Å². The lowest BCUT2D eigenvalue weighted by Crippen LogP contribution is -2.40. The number of amides is 1. The van der Waals surface area contributed by atoms with E-state index in [2.05, 4.69) is 11.0 Å². The van der Waals surface area contributed by atoms with Crippen LogP contribution in [0.15, 0.2) is 48.5 Å². The lowest BCUT2D eigenvalue weighted by Gasteiger charge is -2.23. The normalized spacial score (nSPS) is 19.1. The predicted molar refractivity (Wildman–Crippen MR) is 113 cm³/mol. The summed E-state index contributed by atoms with van der Waals surface area (Å²) in [6.45, 7) is 4.11. The summed E-state index contributed by atoms with van der Waals surface area (Å²) in [5, 5.41) is 8.88. The Labute approximate surface area is 177 Å². The molecule has 0 spiro atoms. The number of para-hydroxylation sites is 1. The number of ether oxygens (including phenoxy) is 1. The molecule has 2 aromatic carbocycles. The number of carbonyl (C=O) groups is 2. The number of carbonyl (C=O) groups excluding carboxylic acids is 1. The fraction of sp³-hybridized carbons (Fsp3) is 0.417. The minimum atomic E-state index is -0.813. The van der Waals surface area contributed by atoms with Crippen LogP contribution in [0, 0.1) is 5.92 Å². The highest BCUT2D eigenvalue weighted by Gasteiger charge is 2.28. The van der Waals surface area contributed by atoms with E-state index in [1.165, 1.54) is 5.56 Å². The van der Waals surface area contributed by atoms with Crippen LogP contribution in [0.1, 0.15) is 23.1 Å². The molecule has 4 rings (SSSR count). The molecule has 0 aromatic heterocycles. The Kier molecular flexibility index (Phi) is 6.33. The van der Waals surface area contributed by atoms with Gasteiger partial charge in [0, 0.05) is 31.7 Å². The zero-order chi connectivity index (χ0) is 20.9. The van der Waals surface area contributed by atoms with Gasteiger partial charge in [0.15, 0.2) is 0 Å². The SMILES string of the molecule is O=C(O)Cc1ccc(CC2CCN(C(=O)CN3CCOc4ccccc4C3)C2)cc1. The number of carboxylic acid groups (broad SMARTS) is 1. The van der Waals surface area contributed by atoms with Crippen molar-refractivity contribution < 1.29 is 19.4 Å². The first kappa shape index (κ1) is 20.4. The molecule has 2 aliphatic rings. The number of carboxylic acids is 1. The van der Waals surface area contributed by atoms with Gasteiger partial charge in [-0.05, 0) is 36.0 Å². The molecule has 0 aliphatic carbocycles. The van der Waals surface area contributed by atoms with Gasteiger partial charge in [0.2, 0.25) is 5.91 Å². The number of fused-ring (bicyclic) bond motifs is 1. The van der Waals surface area contributed by atoms with Gasteiger partial charge in [-0.3, -0.25) is 14.5 Å². The number of benzene rings is 2. The minimum absolute atomic E-state index is 0.0536. The molecule has 6 nitrogen and oxygen atoms in total. The molecular formula is C24H28N2O4. The van der Waals surface area contributed by atoms with Crippen LogP contribution in [0.4, 0.5) is 0 Å². The van der Waals surface area contributed by atoms with Gasteiger partial charge < -0.3 is 14.7 Å². The molecule has 2 aromatic rings. The van der Waals surface area contributed by atoms with E-state index in [-0.39, 0.29) is 12.3 Å². The van der Waals surface area contributed by atoms with Gasteiger partial charge in [-0.25, -0.2) is 0 Å². The Morgan fingerprint density at radius 1 is 1.03 bits per heavy atom. The Hall–Kier alpha value is -2.86. The van der Waals surface area contributed by atoms with E-state index < -0.39 is 5.97 Å². The van der Waals surface area contributed by atoms with Crippen LogP contribution >= 0.6 is 0 Å². The predicted octanol–water partition coefficient (Wildman–Crippen LogP) is 2.60. The Morgan fingerprint density at radius 3 is 2.60 bits per heavy atom. The zero-order valence-electron chi connectivity index (χ0n) is 17.1. The second kappa shape index (κ2) is 9.30. The Balaban J connectivity index is 1.28. The summed E-state index contributed by atoms with van der Waals surface area (Å²) in [6.07, 6.45) is 1.98. The summed E-state index contributed by atoms with van der Waals surface area (Å²) in [6, 6.07) is 15.8. The van der Waals surface area contributed by atoms with Crippen LogP contribution in [-0.2, 0) is 29.0 Å². The van der Waals surface area contributed by atoms with Crippen molar-refractivity contribution in [2.45, 2.75) is 25.8 Å². The average Bonchev–Trinajstić information content (AvgIpc) is 3.09. The number of likely N-dealkylation sites (tertiary alicyclic amines) is 1. The van der Waals surface area contributed by atoms with Crippen LogP contribution in [0.25, 0.3) is 0 Å². The molecule has 2 heterocycles. The molecule has 1 unspecified atom stereocenters. The highest BCUT2D eigenvalue weighted by atomic mass is 16.5. The van der Waals surface area contributed by atoms with Crippen molar-refractivity contribution in [1.82, 2.24) is 9.80 Å². The third-order valence-corrected chi connectivity index (χ3v) is 5.93. The van der Waals surface area contributed by atoms with E-state index in [0.717, 1.165) is 55.9 Å². The summed E-state index contributed by atoms with van der Waals surface area (Å²) >= 11 is 0. The first-order valence-electron chi connectivity index (χ1n) is 10.6. The van der Waals surface area contributed by atoms with Crippen molar-refractivity contribution in [3.8, 4) is 5.75 Å². The van der Waals surface area contributed by atoms with E-state index >= 15 is 0 Å². The summed E-state index contributed by atoms with van der Waals surface area (Å²) in [5.41, 5.74) is 3.15. The third kappa shape index (κ3) is 5.19. The first-order chi connectivity index (χ1) is 14.6. The van der Waals surface area contributed by atoms with Gasteiger partial charge >= 0.3 is 5.97 Å². The smallest absolute Gasteiger partial charge is 0.307 e. The average molecular weight is 408 g/mol. The summed E-state index contributed by atoms with van der Waals surface area (Å²) in [7, 11) is 0. The fourth-order valence-electron chi connectivity index (χ4n) is 4.33. The van der Waals surface area contributed by atoms with Crippen molar-refractivity contribution in [2.75, 3.05) is 32.8 Å². The molecule has 6 heteroatoms. The van der Waals surface area contributed by atoms with E-state index in [1.54, 1.807) is 0 Å². The van der Waals surface area contributed by atoms with Crippen LogP contribution in [0.2, 0.25) is 0 Å². The summed E-state index contributed by atoms with van der Waals surface area (Å²) in [4.78, 5) is 27.8. The summed E-state index contributed by atoms with van der Waals surface area (Å²) < 4.78 is 5.80. The Morgan fingerprint density at radius 2 is 1.80 bits per heavy atom. The first-order valence-corrected chi connectivity index (χ1v) is 10.6. The second-order valence-corrected chi connectivity index (χ2v) is 8.25. The molecule has 2 aliphatic heterocycles. The second-order valence-electron chi connectivity index (χ2n) is 8.25. The molecule has 0 bridgehead atoms.